The molecule has 3 heterocycles. The summed E-state index contributed by atoms with van der Waals surface area (Å²) >= 11 is 1.36. The molecule has 1 unspecified atom stereocenters. The molecule has 4 aromatic rings. The van der Waals surface area contributed by atoms with E-state index in [1.165, 1.54) is 21.8 Å². The van der Waals surface area contributed by atoms with Crippen molar-refractivity contribution in [2.75, 3.05) is 18.1 Å². The van der Waals surface area contributed by atoms with Crippen LogP contribution in [-0.4, -0.2) is 35.0 Å². The summed E-state index contributed by atoms with van der Waals surface area (Å²) in [6.07, 6.45) is 0.882. The summed E-state index contributed by atoms with van der Waals surface area (Å²) in [4.78, 5) is 33.1. The summed E-state index contributed by atoms with van der Waals surface area (Å²) in [6, 6.07) is 17.7. The Balaban J connectivity index is 1.52. The largest absolute Gasteiger partial charge is 0.507 e. The highest BCUT2D eigenvalue weighted by atomic mass is 32.1. The fourth-order valence-electron chi connectivity index (χ4n) is 4.72. The zero-order valence-electron chi connectivity index (χ0n) is 20.4. The predicted molar refractivity (Wildman–Crippen MR) is 142 cm³/mol. The number of aliphatic hydroxyl groups is 1. The second kappa shape index (κ2) is 9.05. The Morgan fingerprint density at radius 1 is 1.03 bits per heavy atom. The molecule has 8 heteroatoms. The molecule has 0 saturated carbocycles. The second-order valence-electron chi connectivity index (χ2n) is 9.09. The summed E-state index contributed by atoms with van der Waals surface area (Å²) in [6.45, 7) is 4.88. The van der Waals surface area contributed by atoms with Gasteiger partial charge in [-0.3, -0.25) is 14.5 Å². The molecular weight excluding hydrogens is 488 g/mol. The number of ether oxygens (including phenoxy) is 2. The molecule has 3 aromatic carbocycles. The third-order valence-corrected chi connectivity index (χ3v) is 7.73. The number of thiazole rings is 1. The summed E-state index contributed by atoms with van der Waals surface area (Å²) in [5, 5.41) is 11.8. The number of Topliss-reactive ketones (excluding diaryl/α,β-unsaturated/α-hetero) is 1. The van der Waals surface area contributed by atoms with Gasteiger partial charge < -0.3 is 14.6 Å². The lowest BCUT2D eigenvalue weighted by Gasteiger charge is -2.23. The molecule has 1 aromatic heterocycles. The van der Waals surface area contributed by atoms with Crippen molar-refractivity contribution in [2.24, 2.45) is 0 Å². The van der Waals surface area contributed by atoms with E-state index in [0.717, 1.165) is 22.2 Å². The van der Waals surface area contributed by atoms with Crippen molar-refractivity contribution in [2.45, 2.75) is 26.3 Å². The number of ketones is 1. The average Bonchev–Trinajstić information content (AvgIpc) is 3.46. The zero-order valence-corrected chi connectivity index (χ0v) is 21.2. The summed E-state index contributed by atoms with van der Waals surface area (Å²) < 4.78 is 12.2. The molecule has 2 aliphatic rings. The molecule has 1 atom stereocenters. The third kappa shape index (κ3) is 3.94. The Labute approximate surface area is 217 Å². The van der Waals surface area contributed by atoms with Crippen molar-refractivity contribution in [1.82, 2.24) is 4.98 Å². The SMILES string of the molecule is CCc1ccc2nc(N3C(=O)C(=O)/C(=C(/O)c4ccc5c(c4)OCCO5)C3c3ccc(C)cc3)sc2c1. The van der Waals surface area contributed by atoms with E-state index < -0.39 is 17.7 Å². The van der Waals surface area contributed by atoms with Crippen molar-refractivity contribution < 1.29 is 24.2 Å². The maximum atomic E-state index is 13.5. The molecule has 6 rings (SSSR count). The number of benzene rings is 3. The van der Waals surface area contributed by atoms with Gasteiger partial charge >= 0.3 is 5.91 Å². The highest BCUT2D eigenvalue weighted by molar-refractivity contribution is 7.22. The van der Waals surface area contributed by atoms with Crippen molar-refractivity contribution in [3.8, 4) is 11.5 Å². The predicted octanol–water partition coefficient (Wildman–Crippen LogP) is 5.56. The quantitative estimate of drug-likeness (QED) is 0.219. The highest BCUT2D eigenvalue weighted by Gasteiger charge is 2.48. The number of carbonyl (C=O) groups is 2. The molecule has 0 spiro atoms. The summed E-state index contributed by atoms with van der Waals surface area (Å²) in [5.41, 5.74) is 4.05. The van der Waals surface area contributed by atoms with E-state index in [-0.39, 0.29) is 11.3 Å². The van der Waals surface area contributed by atoms with E-state index in [1.54, 1.807) is 18.2 Å². The van der Waals surface area contributed by atoms with Gasteiger partial charge in [0.25, 0.3) is 5.78 Å². The Morgan fingerprint density at radius 2 is 1.78 bits per heavy atom. The highest BCUT2D eigenvalue weighted by Crippen LogP contribution is 2.45. The topological polar surface area (TPSA) is 89.0 Å². The standard InChI is InChI=1S/C29H24N2O5S/c1-3-17-6-10-20-23(14-17)37-29(30-20)31-25(18-7-4-16(2)5-8-18)24(27(33)28(31)34)26(32)19-9-11-21-22(15-19)36-13-12-35-21/h4-11,14-15,25,32H,3,12-13H2,1-2H3/b26-24+. The van der Waals surface area contributed by atoms with Crippen LogP contribution in [-0.2, 0) is 16.0 Å². The number of hydrogen-bond donors (Lipinski definition) is 1. The third-order valence-electron chi connectivity index (χ3n) is 6.71. The lowest BCUT2D eigenvalue weighted by molar-refractivity contribution is -0.132. The van der Waals surface area contributed by atoms with Crippen LogP contribution in [0, 0.1) is 6.92 Å². The second-order valence-corrected chi connectivity index (χ2v) is 10.1. The Bertz CT molecular complexity index is 1590. The summed E-state index contributed by atoms with van der Waals surface area (Å²) in [5.74, 6) is -0.697. The van der Waals surface area contributed by atoms with E-state index >= 15 is 0 Å². The lowest BCUT2D eigenvalue weighted by atomic mass is 9.94. The minimum atomic E-state index is -0.833. The Hall–Kier alpha value is -4.17. The molecule has 0 aliphatic carbocycles. The molecule has 1 fully saturated rings. The molecule has 0 bridgehead atoms. The fourth-order valence-corrected chi connectivity index (χ4v) is 5.78. The van der Waals surface area contributed by atoms with Crippen LogP contribution in [0.1, 0.15) is 35.2 Å². The van der Waals surface area contributed by atoms with Crippen molar-refractivity contribution >= 4 is 44.1 Å². The first-order chi connectivity index (χ1) is 17.9. The number of anilines is 1. The maximum absolute atomic E-state index is 13.5. The molecule has 1 saturated heterocycles. The van der Waals surface area contributed by atoms with E-state index in [1.807, 2.05) is 43.3 Å². The van der Waals surface area contributed by atoms with Gasteiger partial charge in [-0.1, -0.05) is 54.2 Å². The van der Waals surface area contributed by atoms with Gasteiger partial charge in [0, 0.05) is 5.56 Å². The molecule has 1 amide bonds. The van der Waals surface area contributed by atoms with Crippen molar-refractivity contribution in [1.29, 1.82) is 0 Å². The molecule has 0 radical (unpaired) electrons. The maximum Gasteiger partial charge on any atom is 0.301 e. The van der Waals surface area contributed by atoms with Crippen LogP contribution >= 0.6 is 11.3 Å². The minimum absolute atomic E-state index is 0.0130. The minimum Gasteiger partial charge on any atom is -0.507 e. The first kappa shape index (κ1) is 23.2. The van der Waals surface area contributed by atoms with Crippen LogP contribution in [0.25, 0.3) is 16.0 Å². The van der Waals surface area contributed by atoms with Gasteiger partial charge in [-0.25, -0.2) is 4.98 Å². The molecule has 186 valence electrons. The first-order valence-electron chi connectivity index (χ1n) is 12.1. The number of aliphatic hydroxyl groups excluding tert-OH is 1. The van der Waals surface area contributed by atoms with Gasteiger partial charge in [0.15, 0.2) is 16.6 Å². The van der Waals surface area contributed by atoms with Gasteiger partial charge in [0.2, 0.25) is 0 Å². The Kier molecular flexibility index (Phi) is 5.68. The smallest absolute Gasteiger partial charge is 0.301 e. The monoisotopic (exact) mass is 512 g/mol. The number of aryl methyl sites for hydroxylation is 2. The van der Waals surface area contributed by atoms with E-state index in [9.17, 15) is 14.7 Å². The van der Waals surface area contributed by atoms with Gasteiger partial charge in [0.1, 0.15) is 19.0 Å². The van der Waals surface area contributed by atoms with Crippen LogP contribution in [0.3, 0.4) is 0 Å². The van der Waals surface area contributed by atoms with E-state index in [0.29, 0.717) is 41.0 Å². The van der Waals surface area contributed by atoms with Crippen molar-refractivity contribution in [3.05, 3.63) is 88.5 Å². The molecule has 2 aliphatic heterocycles. The van der Waals surface area contributed by atoms with Crippen molar-refractivity contribution in [3.63, 3.8) is 0 Å². The molecule has 1 N–H and O–H groups in total. The number of carbonyl (C=O) groups excluding carboxylic acids is 2. The van der Waals surface area contributed by atoms with E-state index in [2.05, 4.69) is 13.0 Å². The first-order valence-corrected chi connectivity index (χ1v) is 12.9. The average molecular weight is 513 g/mol. The normalized spacial score (nSPS) is 18.5. The fraction of sp³-hybridized carbons (Fsp3) is 0.207. The van der Waals surface area contributed by atoms with Gasteiger partial charge in [-0.15, -0.1) is 0 Å². The van der Waals surface area contributed by atoms with Crippen LogP contribution < -0.4 is 14.4 Å². The molecule has 7 nitrogen and oxygen atoms in total. The van der Waals surface area contributed by atoms with Crippen LogP contribution in [0.2, 0.25) is 0 Å². The van der Waals surface area contributed by atoms with Crippen LogP contribution in [0.4, 0.5) is 5.13 Å². The summed E-state index contributed by atoms with van der Waals surface area (Å²) in [7, 11) is 0. The zero-order chi connectivity index (χ0) is 25.7. The Morgan fingerprint density at radius 3 is 2.54 bits per heavy atom. The number of hydrogen-bond acceptors (Lipinski definition) is 7. The number of nitrogens with zero attached hydrogens (tertiary/aromatic N) is 2. The van der Waals surface area contributed by atoms with Crippen LogP contribution in [0.5, 0.6) is 11.5 Å². The number of amides is 1. The molecular formula is C29H24N2O5S. The van der Waals surface area contributed by atoms with Gasteiger partial charge in [0.05, 0.1) is 21.8 Å². The molecule has 37 heavy (non-hydrogen) atoms. The number of fused-ring (bicyclic) bond motifs is 2. The number of rotatable bonds is 4. The van der Waals surface area contributed by atoms with Crippen LogP contribution in [0.15, 0.2) is 66.2 Å². The van der Waals surface area contributed by atoms with E-state index in [4.69, 9.17) is 14.5 Å². The van der Waals surface area contributed by atoms with Gasteiger partial charge in [-0.2, -0.15) is 0 Å². The van der Waals surface area contributed by atoms with Gasteiger partial charge in [-0.05, 0) is 54.8 Å². The number of aromatic nitrogens is 1. The lowest BCUT2D eigenvalue weighted by Crippen LogP contribution is -2.29.